The van der Waals surface area contributed by atoms with E-state index in [2.05, 4.69) is 6.92 Å². The van der Waals surface area contributed by atoms with Gasteiger partial charge in [0, 0.05) is 12.3 Å². The second-order valence-electron chi connectivity index (χ2n) is 6.78. The number of carbonyl (C=O) groups is 1. The van der Waals surface area contributed by atoms with Crippen molar-refractivity contribution in [2.45, 2.75) is 39.0 Å². The molecule has 1 saturated carbocycles. The van der Waals surface area contributed by atoms with E-state index < -0.39 is 0 Å². The monoisotopic (exact) mass is 267 g/mol. The average Bonchev–Trinajstić information content (AvgIpc) is 2.28. The molecular weight excluding hydrogens is 242 g/mol. The van der Waals surface area contributed by atoms with Crippen molar-refractivity contribution >= 4 is 5.78 Å². The highest BCUT2D eigenvalue weighted by Gasteiger charge is 2.45. The van der Waals surface area contributed by atoms with Crippen LogP contribution in [0, 0.1) is 16.5 Å². The van der Waals surface area contributed by atoms with E-state index in [1.807, 2.05) is 0 Å². The van der Waals surface area contributed by atoms with Gasteiger partial charge in [-0.15, -0.1) is 0 Å². The molecule has 2 aliphatic carbocycles. The van der Waals surface area contributed by atoms with Gasteiger partial charge < -0.3 is 14.6 Å². The van der Waals surface area contributed by atoms with E-state index >= 15 is 0 Å². The minimum absolute atomic E-state index is 0.0529. The van der Waals surface area contributed by atoms with E-state index in [4.69, 9.17) is 4.74 Å². The molecule has 0 aromatic rings. The van der Waals surface area contributed by atoms with E-state index in [0.29, 0.717) is 18.7 Å². The number of fused-ring (bicyclic) bond motifs is 1. The zero-order chi connectivity index (χ0) is 14.3. The molecule has 1 fully saturated rings. The lowest BCUT2D eigenvalue weighted by Crippen LogP contribution is -2.44. The van der Waals surface area contributed by atoms with Gasteiger partial charge >= 0.3 is 0 Å². The highest BCUT2D eigenvalue weighted by Crippen LogP contribution is 2.51. The first-order chi connectivity index (χ1) is 8.77. The van der Waals surface area contributed by atoms with Gasteiger partial charge in [0.05, 0.1) is 27.7 Å². The number of Topliss-reactive ketones (excluding diaryl/α,β-unsaturated/α-hetero) is 1. The summed E-state index contributed by atoms with van der Waals surface area (Å²) in [6, 6.07) is 0. The van der Waals surface area contributed by atoms with Crippen LogP contribution >= 0.6 is 0 Å². The molecular formula is C15H25NO3. The zero-order valence-corrected chi connectivity index (χ0v) is 12.5. The lowest BCUT2D eigenvalue weighted by atomic mass is 9.61. The Morgan fingerprint density at radius 2 is 2.11 bits per heavy atom. The van der Waals surface area contributed by atoms with Gasteiger partial charge in [-0.25, -0.2) is 0 Å². The average molecular weight is 267 g/mol. The normalized spacial score (nSPS) is 32.3. The second kappa shape index (κ2) is 4.91. The molecule has 0 amide bonds. The summed E-state index contributed by atoms with van der Waals surface area (Å²) in [4.78, 5) is 12.1. The molecule has 4 nitrogen and oxygen atoms in total. The summed E-state index contributed by atoms with van der Waals surface area (Å²) in [5.41, 5.74) is 1.18. The van der Waals surface area contributed by atoms with Crippen LogP contribution in [-0.2, 0) is 9.53 Å². The van der Waals surface area contributed by atoms with Crippen LogP contribution in [0.1, 0.15) is 39.0 Å². The van der Waals surface area contributed by atoms with Crippen molar-refractivity contribution in [2.24, 2.45) is 11.3 Å². The fraction of sp³-hybridized carbons (Fsp3) is 0.800. The maximum Gasteiger partial charge on any atom is 0.197 e. The van der Waals surface area contributed by atoms with E-state index in [1.165, 1.54) is 0 Å². The molecule has 0 aromatic carbocycles. The fourth-order valence-corrected chi connectivity index (χ4v) is 3.82. The molecule has 0 unspecified atom stereocenters. The van der Waals surface area contributed by atoms with Crippen molar-refractivity contribution in [2.75, 3.05) is 27.7 Å². The number of methoxy groups -OCH3 is 1. The summed E-state index contributed by atoms with van der Waals surface area (Å²) < 4.78 is 5.09. The van der Waals surface area contributed by atoms with Gasteiger partial charge in [0.15, 0.2) is 11.5 Å². The Balaban J connectivity index is 2.42. The van der Waals surface area contributed by atoms with Crippen LogP contribution < -0.4 is 0 Å². The molecule has 0 aromatic heterocycles. The Kier molecular flexibility index (Phi) is 3.76. The highest BCUT2D eigenvalue weighted by molar-refractivity contribution is 5.95. The molecule has 108 valence electrons. The number of quaternary nitrogens is 1. The van der Waals surface area contributed by atoms with Crippen LogP contribution in [0.15, 0.2) is 11.3 Å². The predicted molar refractivity (Wildman–Crippen MR) is 74.1 cm³/mol. The first kappa shape index (κ1) is 14.5. The Hall–Kier alpha value is -0.870. The molecule has 0 N–H and O–H groups in total. The first-order valence-corrected chi connectivity index (χ1v) is 7.13. The lowest BCUT2D eigenvalue weighted by molar-refractivity contribution is -0.843. The van der Waals surface area contributed by atoms with Crippen molar-refractivity contribution in [3.63, 3.8) is 0 Å². The summed E-state index contributed by atoms with van der Waals surface area (Å²) in [6.45, 7) is 2.76. The summed E-state index contributed by atoms with van der Waals surface area (Å²) in [7, 11) is 4.92. The van der Waals surface area contributed by atoms with Gasteiger partial charge in [0.25, 0.3) is 0 Å². The van der Waals surface area contributed by atoms with Gasteiger partial charge in [-0.1, -0.05) is 13.3 Å². The van der Waals surface area contributed by atoms with E-state index in [9.17, 15) is 10.0 Å². The molecule has 0 heterocycles. The Morgan fingerprint density at radius 3 is 2.68 bits per heavy atom. The van der Waals surface area contributed by atoms with Gasteiger partial charge in [-0.2, -0.15) is 0 Å². The Bertz CT molecular complexity index is 408. The number of ether oxygens (including phenoxy) is 1. The van der Waals surface area contributed by atoms with E-state index in [-0.39, 0.29) is 21.8 Å². The minimum atomic E-state index is -0.310. The topological polar surface area (TPSA) is 49.4 Å². The van der Waals surface area contributed by atoms with Crippen molar-refractivity contribution in [3.05, 3.63) is 16.5 Å². The van der Waals surface area contributed by atoms with Crippen LogP contribution in [-0.4, -0.2) is 38.2 Å². The number of hydrogen-bond donors (Lipinski definition) is 0. The Labute approximate surface area is 115 Å². The lowest BCUT2D eigenvalue weighted by Gasteiger charge is -2.47. The van der Waals surface area contributed by atoms with Crippen LogP contribution in [0.5, 0.6) is 0 Å². The third-order valence-corrected chi connectivity index (χ3v) is 4.61. The van der Waals surface area contributed by atoms with Crippen LogP contribution in [0.3, 0.4) is 0 Å². The molecule has 2 atom stereocenters. The van der Waals surface area contributed by atoms with E-state index in [0.717, 1.165) is 31.3 Å². The summed E-state index contributed by atoms with van der Waals surface area (Å²) in [6.07, 6.45) is 4.71. The Morgan fingerprint density at radius 1 is 1.42 bits per heavy atom. The molecule has 0 aliphatic heterocycles. The summed E-state index contributed by atoms with van der Waals surface area (Å²) in [5, 5.41) is 12.0. The molecule has 0 bridgehead atoms. The molecule has 0 spiro atoms. The number of allylic oxidation sites excluding steroid dienone is 1. The van der Waals surface area contributed by atoms with Crippen molar-refractivity contribution < 1.29 is 14.2 Å². The van der Waals surface area contributed by atoms with Gasteiger partial charge in [-0.3, -0.25) is 4.79 Å². The zero-order valence-electron chi connectivity index (χ0n) is 12.5. The number of carbonyl (C=O) groups excluding carboxylic acids is 1. The second-order valence-corrected chi connectivity index (χ2v) is 6.78. The largest absolute Gasteiger partial charge is 0.633 e. The number of hydroxylamine groups is 3. The van der Waals surface area contributed by atoms with Gasteiger partial charge in [0.2, 0.25) is 0 Å². The molecule has 19 heavy (non-hydrogen) atoms. The quantitative estimate of drug-likeness (QED) is 0.583. The number of hydrogen-bond acceptors (Lipinski definition) is 3. The standard InChI is InChI=1S/C15H25NO3/c1-15-8-5-6-11(10-16(2,3)18)13(15)14(19-4)12(17)7-9-15/h11H,5-10H2,1-4H3/t11-,15-/m0/s1. The van der Waals surface area contributed by atoms with Crippen molar-refractivity contribution in [1.29, 1.82) is 0 Å². The van der Waals surface area contributed by atoms with Crippen LogP contribution in [0.4, 0.5) is 0 Å². The number of rotatable bonds is 3. The fourth-order valence-electron chi connectivity index (χ4n) is 3.82. The van der Waals surface area contributed by atoms with Crippen LogP contribution in [0.2, 0.25) is 0 Å². The molecule has 0 saturated heterocycles. The molecule has 0 radical (unpaired) electrons. The maximum atomic E-state index is 12.1. The minimum Gasteiger partial charge on any atom is -0.633 e. The van der Waals surface area contributed by atoms with Crippen LogP contribution in [0.25, 0.3) is 0 Å². The van der Waals surface area contributed by atoms with Gasteiger partial charge in [-0.05, 0) is 30.3 Å². The number of nitrogens with zero attached hydrogens (tertiary/aromatic N) is 1. The first-order valence-electron chi connectivity index (χ1n) is 7.13. The summed E-state index contributed by atoms with van der Waals surface area (Å²) in [5.74, 6) is 0.843. The molecule has 2 rings (SSSR count). The highest BCUT2D eigenvalue weighted by atomic mass is 16.5. The van der Waals surface area contributed by atoms with Crippen molar-refractivity contribution in [3.8, 4) is 0 Å². The predicted octanol–water partition coefficient (Wildman–Crippen LogP) is 2.63. The third kappa shape index (κ3) is 2.84. The smallest absolute Gasteiger partial charge is 0.197 e. The summed E-state index contributed by atoms with van der Waals surface area (Å²) >= 11 is 0. The number of ketones is 1. The molecule has 4 heteroatoms. The van der Waals surface area contributed by atoms with E-state index in [1.54, 1.807) is 21.2 Å². The third-order valence-electron chi connectivity index (χ3n) is 4.61. The SMILES string of the molecule is COC1=C2[C@H](C[N+](C)(C)[O-])CCC[C@@]2(C)CCC1=O. The van der Waals surface area contributed by atoms with Crippen molar-refractivity contribution in [1.82, 2.24) is 0 Å². The maximum absolute atomic E-state index is 12.1. The van der Waals surface area contributed by atoms with Gasteiger partial charge in [0.1, 0.15) is 0 Å². The molecule has 2 aliphatic rings.